The molecule has 0 radical (unpaired) electrons. The van der Waals surface area contributed by atoms with E-state index >= 15 is 0 Å². The second-order valence-corrected chi connectivity index (χ2v) is 13.6. The second kappa shape index (κ2) is 18.0. The standard InChI is InChI=1S/C37H52N2O8/c1-38(22-12-18-32(28-38)46-36(42)30-14-6-3-7-15-30)24-20-34(40)44-26-10-5-11-27-45-35(41)21-25-39(2)23-13-19-33(29-39)47-37(43)31-16-8-4-9-17-31/h3-4,6-9,14-17,32-33H,5,10-13,18-29H2,1-2H3/q+2. The molecule has 0 spiro atoms. The van der Waals surface area contributed by atoms with Crippen molar-refractivity contribution in [2.45, 2.75) is 70.0 Å². The molecule has 0 aromatic heterocycles. The summed E-state index contributed by atoms with van der Waals surface area (Å²) in [6.45, 7) is 5.24. The third-order valence-electron chi connectivity index (χ3n) is 9.33. The van der Waals surface area contributed by atoms with E-state index in [1.54, 1.807) is 24.3 Å². The van der Waals surface area contributed by atoms with Gasteiger partial charge in [-0.25, -0.2) is 9.59 Å². The normalized spacial score (nSPS) is 24.1. The van der Waals surface area contributed by atoms with Crippen molar-refractivity contribution in [2.24, 2.45) is 0 Å². The minimum Gasteiger partial charge on any atom is -0.466 e. The molecule has 10 nitrogen and oxygen atoms in total. The van der Waals surface area contributed by atoms with Crippen LogP contribution >= 0.6 is 0 Å². The number of ether oxygens (including phenoxy) is 4. The van der Waals surface area contributed by atoms with Crippen molar-refractivity contribution in [1.82, 2.24) is 0 Å². The lowest BCUT2D eigenvalue weighted by atomic mass is 10.1. The Morgan fingerprint density at radius 2 is 1.02 bits per heavy atom. The number of unbranched alkanes of at least 4 members (excludes halogenated alkanes) is 2. The molecule has 4 rings (SSSR count). The predicted octanol–water partition coefficient (Wildman–Crippen LogP) is 4.96. The van der Waals surface area contributed by atoms with Gasteiger partial charge in [-0.3, -0.25) is 9.59 Å². The van der Waals surface area contributed by atoms with Gasteiger partial charge in [0.2, 0.25) is 0 Å². The van der Waals surface area contributed by atoms with Crippen LogP contribution in [0.2, 0.25) is 0 Å². The highest BCUT2D eigenvalue weighted by molar-refractivity contribution is 5.89. The lowest BCUT2D eigenvalue weighted by molar-refractivity contribution is -0.916. The number of hydrogen-bond donors (Lipinski definition) is 0. The minimum atomic E-state index is -0.301. The molecule has 10 heteroatoms. The fourth-order valence-corrected chi connectivity index (χ4v) is 6.56. The summed E-state index contributed by atoms with van der Waals surface area (Å²) in [6.07, 6.45) is 6.08. The van der Waals surface area contributed by atoms with Crippen molar-refractivity contribution >= 4 is 23.9 Å². The lowest BCUT2D eigenvalue weighted by Gasteiger charge is -2.40. The summed E-state index contributed by atoms with van der Waals surface area (Å²) in [6, 6.07) is 18.0. The first-order valence-electron chi connectivity index (χ1n) is 17.1. The number of benzene rings is 2. The average molecular weight is 653 g/mol. The molecule has 2 saturated heterocycles. The van der Waals surface area contributed by atoms with E-state index in [0.717, 1.165) is 45.2 Å². The van der Waals surface area contributed by atoms with Gasteiger partial charge in [0, 0.05) is 12.8 Å². The van der Waals surface area contributed by atoms with E-state index in [4.69, 9.17) is 18.9 Å². The van der Waals surface area contributed by atoms with E-state index in [2.05, 4.69) is 14.1 Å². The molecule has 2 aliphatic heterocycles. The van der Waals surface area contributed by atoms with E-state index in [1.807, 2.05) is 36.4 Å². The van der Waals surface area contributed by atoms with Crippen molar-refractivity contribution in [3.63, 3.8) is 0 Å². The van der Waals surface area contributed by atoms with Gasteiger partial charge < -0.3 is 27.9 Å². The highest BCUT2D eigenvalue weighted by Gasteiger charge is 2.35. The van der Waals surface area contributed by atoms with Gasteiger partial charge in [-0.15, -0.1) is 0 Å². The molecule has 2 aliphatic rings. The number of carbonyl (C=O) groups is 4. The summed E-state index contributed by atoms with van der Waals surface area (Å²) < 4.78 is 23.8. The fraction of sp³-hybridized carbons (Fsp3) is 0.568. The topological polar surface area (TPSA) is 105 Å². The minimum absolute atomic E-state index is 0.162. The number of likely N-dealkylation sites (N-methyl/N-ethyl adjacent to an activating group) is 2. The van der Waals surface area contributed by atoms with E-state index in [0.29, 0.717) is 85.2 Å². The summed E-state index contributed by atoms with van der Waals surface area (Å²) >= 11 is 0. The summed E-state index contributed by atoms with van der Waals surface area (Å²) in [5.41, 5.74) is 1.11. The monoisotopic (exact) mass is 652 g/mol. The third-order valence-corrected chi connectivity index (χ3v) is 9.33. The van der Waals surface area contributed by atoms with Gasteiger partial charge in [-0.05, 0) is 56.4 Å². The molecule has 47 heavy (non-hydrogen) atoms. The Bertz CT molecular complexity index is 1210. The Morgan fingerprint density at radius 3 is 1.43 bits per heavy atom. The van der Waals surface area contributed by atoms with Crippen molar-refractivity contribution < 1.29 is 47.1 Å². The summed E-state index contributed by atoms with van der Waals surface area (Å²) in [7, 11) is 4.21. The van der Waals surface area contributed by atoms with Gasteiger partial charge in [0.25, 0.3) is 0 Å². The van der Waals surface area contributed by atoms with E-state index in [-0.39, 0.29) is 36.1 Å². The Kier molecular flexibility index (Phi) is 13.8. The summed E-state index contributed by atoms with van der Waals surface area (Å²) in [5, 5.41) is 0. The SMILES string of the molecule is C[N+]1(CCC(=O)OCCCCCOC(=O)CC[N+]2(C)CCCC(OC(=O)c3ccccc3)C2)CCCC(OC(=O)c2ccccc2)C1. The summed E-state index contributed by atoms with van der Waals surface area (Å²) in [4.78, 5) is 49.7. The van der Waals surface area contributed by atoms with Gasteiger partial charge in [0.1, 0.15) is 13.1 Å². The third kappa shape index (κ3) is 12.4. The summed E-state index contributed by atoms with van der Waals surface area (Å²) in [5.74, 6) is -1.04. The molecule has 0 N–H and O–H groups in total. The van der Waals surface area contributed by atoms with Crippen molar-refractivity contribution in [2.75, 3.05) is 66.6 Å². The molecular formula is C37H52N2O8+2. The van der Waals surface area contributed by atoms with Crippen LogP contribution in [0.4, 0.5) is 0 Å². The molecule has 0 bridgehead atoms. The van der Waals surface area contributed by atoms with Crippen LogP contribution in [0.25, 0.3) is 0 Å². The molecule has 0 amide bonds. The lowest BCUT2D eigenvalue weighted by Crippen LogP contribution is -2.54. The van der Waals surface area contributed by atoms with Crippen LogP contribution in [0.15, 0.2) is 60.7 Å². The van der Waals surface area contributed by atoms with Crippen LogP contribution in [0, 0.1) is 0 Å². The Morgan fingerprint density at radius 1 is 0.617 bits per heavy atom. The van der Waals surface area contributed by atoms with Crippen molar-refractivity contribution in [3.8, 4) is 0 Å². The van der Waals surface area contributed by atoms with Gasteiger partial charge in [-0.2, -0.15) is 0 Å². The molecular weight excluding hydrogens is 600 g/mol. The van der Waals surface area contributed by atoms with Gasteiger partial charge in [0.15, 0.2) is 12.2 Å². The van der Waals surface area contributed by atoms with E-state index in [9.17, 15) is 19.2 Å². The second-order valence-electron chi connectivity index (χ2n) is 13.6. The molecule has 0 aliphatic carbocycles. The zero-order valence-electron chi connectivity index (χ0n) is 28.1. The molecule has 2 heterocycles. The van der Waals surface area contributed by atoms with Gasteiger partial charge in [-0.1, -0.05) is 36.4 Å². The van der Waals surface area contributed by atoms with Crippen molar-refractivity contribution in [3.05, 3.63) is 71.8 Å². The van der Waals surface area contributed by atoms with Crippen LogP contribution in [-0.2, 0) is 28.5 Å². The zero-order chi connectivity index (χ0) is 33.5. The van der Waals surface area contributed by atoms with Crippen LogP contribution in [-0.4, -0.2) is 112 Å². The first-order chi connectivity index (χ1) is 22.6. The maximum absolute atomic E-state index is 12.5. The molecule has 2 fully saturated rings. The van der Waals surface area contributed by atoms with E-state index < -0.39 is 0 Å². The van der Waals surface area contributed by atoms with Gasteiger partial charge >= 0.3 is 23.9 Å². The van der Waals surface area contributed by atoms with Crippen LogP contribution in [0.3, 0.4) is 0 Å². The Balaban J connectivity index is 1.02. The maximum atomic E-state index is 12.5. The highest BCUT2D eigenvalue weighted by Crippen LogP contribution is 2.22. The van der Waals surface area contributed by atoms with Crippen molar-refractivity contribution in [1.29, 1.82) is 0 Å². The Hall–Kier alpha value is -3.76. The first-order valence-corrected chi connectivity index (χ1v) is 17.1. The smallest absolute Gasteiger partial charge is 0.338 e. The average Bonchev–Trinajstić information content (AvgIpc) is 3.07. The number of esters is 4. The fourth-order valence-electron chi connectivity index (χ4n) is 6.56. The maximum Gasteiger partial charge on any atom is 0.338 e. The number of quaternary nitrogens is 2. The number of piperidine rings is 2. The number of rotatable bonds is 16. The molecule has 4 unspecified atom stereocenters. The Labute approximate surface area is 279 Å². The quantitative estimate of drug-likeness (QED) is 0.109. The molecule has 4 atom stereocenters. The molecule has 0 saturated carbocycles. The number of carbonyl (C=O) groups excluding carboxylic acids is 4. The number of likely N-dealkylation sites (tertiary alicyclic amines) is 2. The van der Waals surface area contributed by atoms with Gasteiger partial charge in [0.05, 0.1) is 77.5 Å². The van der Waals surface area contributed by atoms with E-state index in [1.165, 1.54) is 0 Å². The van der Waals surface area contributed by atoms with Crippen LogP contribution in [0.5, 0.6) is 0 Å². The zero-order valence-corrected chi connectivity index (χ0v) is 28.1. The highest BCUT2D eigenvalue weighted by atomic mass is 16.6. The van der Waals surface area contributed by atoms with Crippen LogP contribution < -0.4 is 0 Å². The predicted molar refractivity (Wildman–Crippen MR) is 176 cm³/mol. The first kappa shape index (κ1) is 36.1. The molecule has 2 aromatic carbocycles. The number of hydrogen-bond acceptors (Lipinski definition) is 8. The molecule has 2 aromatic rings. The largest absolute Gasteiger partial charge is 0.466 e. The number of nitrogens with zero attached hydrogens (tertiary/aromatic N) is 2. The molecule has 256 valence electrons. The van der Waals surface area contributed by atoms with Crippen LogP contribution in [0.1, 0.15) is 78.5 Å².